The van der Waals surface area contributed by atoms with Gasteiger partial charge in [-0.2, -0.15) is 4.58 Å². The number of carbonyl (C=O) groups is 2. The standard InChI is InChI=1S/C9H16NO4/c1-3-13-6-7-14-8-9(12)10(2)4-5-11/h5H,2-4,6-8H2,1H3/q+1. The van der Waals surface area contributed by atoms with Gasteiger partial charge in [0.2, 0.25) is 6.54 Å². The minimum atomic E-state index is -0.311. The second kappa shape index (κ2) is 8.52. The molecule has 0 N–H and O–H groups in total. The van der Waals surface area contributed by atoms with Gasteiger partial charge in [-0.1, -0.05) is 0 Å². The molecule has 0 bridgehead atoms. The Balaban J connectivity index is 3.44. The summed E-state index contributed by atoms with van der Waals surface area (Å²) in [5.74, 6) is -0.311. The van der Waals surface area contributed by atoms with Crippen molar-refractivity contribution in [1.82, 2.24) is 0 Å². The van der Waals surface area contributed by atoms with Crippen LogP contribution in [-0.4, -0.2) is 56.5 Å². The van der Waals surface area contributed by atoms with E-state index in [9.17, 15) is 9.59 Å². The highest BCUT2D eigenvalue weighted by Crippen LogP contribution is 1.81. The van der Waals surface area contributed by atoms with E-state index in [0.717, 1.165) is 4.58 Å². The fourth-order valence-electron chi connectivity index (χ4n) is 0.705. The molecule has 0 rings (SSSR count). The number of ether oxygens (including phenoxy) is 2. The van der Waals surface area contributed by atoms with Gasteiger partial charge in [0.1, 0.15) is 6.72 Å². The molecule has 5 nitrogen and oxygen atoms in total. The van der Waals surface area contributed by atoms with Crippen molar-refractivity contribution in [3.05, 3.63) is 0 Å². The van der Waals surface area contributed by atoms with E-state index in [4.69, 9.17) is 9.47 Å². The van der Waals surface area contributed by atoms with Gasteiger partial charge in [0.25, 0.3) is 0 Å². The highest BCUT2D eigenvalue weighted by atomic mass is 16.5. The van der Waals surface area contributed by atoms with E-state index < -0.39 is 0 Å². The molecule has 1 amide bonds. The van der Waals surface area contributed by atoms with E-state index in [1.165, 1.54) is 0 Å². The van der Waals surface area contributed by atoms with Crippen LogP contribution in [0.25, 0.3) is 0 Å². The van der Waals surface area contributed by atoms with Crippen molar-refractivity contribution in [3.63, 3.8) is 0 Å². The van der Waals surface area contributed by atoms with Crippen LogP contribution in [0.1, 0.15) is 6.92 Å². The fraction of sp³-hybridized carbons (Fsp3) is 0.667. The van der Waals surface area contributed by atoms with Gasteiger partial charge < -0.3 is 9.47 Å². The molecule has 5 heteroatoms. The maximum atomic E-state index is 11.1. The molecule has 0 heterocycles. The van der Waals surface area contributed by atoms with Crippen LogP contribution in [0, 0.1) is 0 Å². The zero-order valence-electron chi connectivity index (χ0n) is 8.40. The van der Waals surface area contributed by atoms with E-state index in [1.807, 2.05) is 6.92 Å². The number of amides is 1. The van der Waals surface area contributed by atoms with Crippen LogP contribution < -0.4 is 0 Å². The van der Waals surface area contributed by atoms with E-state index in [2.05, 4.69) is 6.72 Å². The molecule has 0 aliphatic carbocycles. The molecular weight excluding hydrogens is 186 g/mol. The molecule has 0 unspecified atom stereocenters. The molecule has 0 saturated heterocycles. The van der Waals surface area contributed by atoms with Gasteiger partial charge in [-0.25, -0.2) is 4.79 Å². The lowest BCUT2D eigenvalue weighted by atomic mass is 10.5. The SMILES string of the molecule is C=[N+](CC=O)C(=O)COCCOCC. The first-order valence-corrected chi connectivity index (χ1v) is 4.42. The van der Waals surface area contributed by atoms with Crippen molar-refractivity contribution in [2.75, 3.05) is 33.0 Å². The molecule has 0 aliphatic rings. The zero-order chi connectivity index (χ0) is 10.8. The van der Waals surface area contributed by atoms with E-state index >= 15 is 0 Å². The Hall–Kier alpha value is -1.07. The molecule has 0 radical (unpaired) electrons. The number of carbonyl (C=O) groups excluding carboxylic acids is 2. The predicted octanol–water partition coefficient (Wildman–Crippen LogP) is -0.522. The number of hydrogen-bond donors (Lipinski definition) is 0. The first kappa shape index (κ1) is 12.9. The van der Waals surface area contributed by atoms with Crippen molar-refractivity contribution < 1.29 is 23.6 Å². The Labute approximate surface area is 83.3 Å². The average molecular weight is 202 g/mol. The minimum absolute atomic E-state index is 0.00630. The molecule has 0 aromatic carbocycles. The second-order valence-electron chi connectivity index (χ2n) is 2.53. The van der Waals surface area contributed by atoms with E-state index in [-0.39, 0.29) is 19.1 Å². The van der Waals surface area contributed by atoms with E-state index in [1.54, 1.807) is 0 Å². The van der Waals surface area contributed by atoms with Crippen molar-refractivity contribution >= 4 is 18.9 Å². The summed E-state index contributed by atoms with van der Waals surface area (Å²) in [6.45, 7) is 6.66. The van der Waals surface area contributed by atoms with Gasteiger partial charge >= 0.3 is 5.91 Å². The predicted molar refractivity (Wildman–Crippen MR) is 50.6 cm³/mol. The summed E-state index contributed by atoms with van der Waals surface area (Å²) in [5, 5.41) is 0. The number of rotatable bonds is 8. The van der Waals surface area contributed by atoms with Gasteiger partial charge in [0, 0.05) is 6.61 Å². The molecule has 80 valence electrons. The van der Waals surface area contributed by atoms with Crippen LogP contribution in [0.5, 0.6) is 0 Å². The molecule has 0 saturated carbocycles. The largest absolute Gasteiger partial charge is 0.412 e. The summed E-state index contributed by atoms with van der Waals surface area (Å²) in [6.07, 6.45) is 0.616. The van der Waals surface area contributed by atoms with E-state index in [0.29, 0.717) is 26.1 Å². The van der Waals surface area contributed by atoms with Crippen LogP contribution in [0.15, 0.2) is 0 Å². The summed E-state index contributed by atoms with van der Waals surface area (Å²) < 4.78 is 11.1. The third-order valence-electron chi connectivity index (χ3n) is 1.45. The lowest BCUT2D eigenvalue weighted by Gasteiger charge is -2.01. The third kappa shape index (κ3) is 6.45. The van der Waals surface area contributed by atoms with Crippen LogP contribution in [0.3, 0.4) is 0 Å². The van der Waals surface area contributed by atoms with Crippen LogP contribution in [0.4, 0.5) is 0 Å². The summed E-state index contributed by atoms with van der Waals surface area (Å²) in [6, 6.07) is 0. The van der Waals surface area contributed by atoms with Gasteiger partial charge in [0.15, 0.2) is 12.9 Å². The maximum Gasteiger partial charge on any atom is 0.412 e. The maximum absolute atomic E-state index is 11.1. The summed E-state index contributed by atoms with van der Waals surface area (Å²) in [5.41, 5.74) is 0. The quantitative estimate of drug-likeness (QED) is 0.230. The highest BCUT2D eigenvalue weighted by molar-refractivity contribution is 5.71. The Kier molecular flexibility index (Phi) is 7.87. The monoisotopic (exact) mass is 202 g/mol. The van der Waals surface area contributed by atoms with Crippen molar-refractivity contribution in [2.45, 2.75) is 6.92 Å². The third-order valence-corrected chi connectivity index (χ3v) is 1.45. The van der Waals surface area contributed by atoms with Crippen molar-refractivity contribution in [2.24, 2.45) is 0 Å². The lowest BCUT2D eigenvalue weighted by molar-refractivity contribution is -0.430. The smallest absolute Gasteiger partial charge is 0.379 e. The Morgan fingerprint density at radius 1 is 1.43 bits per heavy atom. The molecule has 0 atom stereocenters. The average Bonchev–Trinajstić information content (AvgIpc) is 2.17. The number of aldehydes is 1. The van der Waals surface area contributed by atoms with Crippen LogP contribution in [-0.2, 0) is 19.1 Å². The Bertz CT molecular complexity index is 203. The first-order valence-electron chi connectivity index (χ1n) is 4.42. The van der Waals surface area contributed by atoms with Gasteiger partial charge in [-0.3, -0.25) is 4.79 Å². The summed E-state index contributed by atoms with van der Waals surface area (Å²) in [4.78, 5) is 21.1. The second-order valence-corrected chi connectivity index (χ2v) is 2.53. The number of nitrogens with zero attached hydrogens (tertiary/aromatic N) is 1. The minimum Gasteiger partial charge on any atom is -0.379 e. The summed E-state index contributed by atoms with van der Waals surface area (Å²) >= 11 is 0. The van der Waals surface area contributed by atoms with Gasteiger partial charge in [-0.15, -0.1) is 0 Å². The Morgan fingerprint density at radius 2 is 2.07 bits per heavy atom. The van der Waals surface area contributed by atoms with Crippen molar-refractivity contribution in [1.29, 1.82) is 0 Å². The van der Waals surface area contributed by atoms with Gasteiger partial charge in [-0.05, 0) is 6.92 Å². The van der Waals surface area contributed by atoms with Crippen molar-refractivity contribution in [3.8, 4) is 0 Å². The molecule has 0 spiro atoms. The number of hydrogen-bond acceptors (Lipinski definition) is 4. The normalized spacial score (nSPS) is 9.79. The molecule has 14 heavy (non-hydrogen) atoms. The van der Waals surface area contributed by atoms with Gasteiger partial charge in [0.05, 0.1) is 13.2 Å². The fourth-order valence-corrected chi connectivity index (χ4v) is 0.705. The Morgan fingerprint density at radius 3 is 2.64 bits per heavy atom. The molecular formula is C9H16NO4+. The van der Waals surface area contributed by atoms with Crippen LogP contribution >= 0.6 is 0 Å². The molecule has 0 fully saturated rings. The molecule has 0 aromatic rings. The first-order chi connectivity index (χ1) is 6.72. The highest BCUT2D eigenvalue weighted by Gasteiger charge is 2.13. The topological polar surface area (TPSA) is 55.6 Å². The lowest BCUT2D eigenvalue weighted by Crippen LogP contribution is -2.26. The zero-order valence-corrected chi connectivity index (χ0v) is 8.40. The molecule has 0 aromatic heterocycles. The van der Waals surface area contributed by atoms with Crippen LogP contribution in [0.2, 0.25) is 0 Å². The molecule has 0 aliphatic heterocycles. The summed E-state index contributed by atoms with van der Waals surface area (Å²) in [7, 11) is 0.